The van der Waals surface area contributed by atoms with Gasteiger partial charge in [-0.05, 0) is 40.2 Å². The number of rotatable bonds is 2. The molecule has 0 saturated carbocycles. The lowest BCUT2D eigenvalue weighted by molar-refractivity contribution is 0.415. The van der Waals surface area contributed by atoms with Crippen molar-refractivity contribution in [2.75, 3.05) is 12.8 Å². The highest BCUT2D eigenvalue weighted by molar-refractivity contribution is 9.10. The van der Waals surface area contributed by atoms with Crippen LogP contribution < -0.4 is 10.5 Å². The molecule has 1 heterocycles. The van der Waals surface area contributed by atoms with Gasteiger partial charge >= 0.3 is 0 Å². The van der Waals surface area contributed by atoms with Crippen LogP contribution in [0.5, 0.6) is 5.75 Å². The Balaban J connectivity index is 2.34. The summed E-state index contributed by atoms with van der Waals surface area (Å²) >= 11 is 15.9. The minimum atomic E-state index is 0.332. The van der Waals surface area contributed by atoms with Crippen LogP contribution in [0.3, 0.4) is 0 Å². The molecule has 0 fully saturated rings. The highest BCUT2D eigenvalue weighted by atomic mass is 79.9. The van der Waals surface area contributed by atoms with E-state index in [2.05, 4.69) is 20.9 Å². The van der Waals surface area contributed by atoms with Gasteiger partial charge in [-0.25, -0.2) is 4.98 Å². The first kappa shape index (κ1) is 14.5. The molecule has 0 spiro atoms. The summed E-state index contributed by atoms with van der Waals surface area (Å²) in [6.45, 7) is 0. The monoisotopic (exact) mass is 385 g/mol. The van der Waals surface area contributed by atoms with Crippen LogP contribution in [0.25, 0.3) is 16.7 Å². The van der Waals surface area contributed by atoms with E-state index < -0.39 is 0 Å². The average molecular weight is 387 g/mol. The van der Waals surface area contributed by atoms with E-state index in [9.17, 15) is 0 Å². The fraction of sp³-hybridized carbons (Fsp3) is 0.0714. The first-order valence-corrected chi connectivity index (χ1v) is 7.53. The van der Waals surface area contributed by atoms with E-state index in [0.717, 1.165) is 15.5 Å². The van der Waals surface area contributed by atoms with E-state index in [1.54, 1.807) is 11.7 Å². The number of benzene rings is 2. The zero-order valence-corrected chi connectivity index (χ0v) is 14.0. The summed E-state index contributed by atoms with van der Waals surface area (Å²) in [7, 11) is 1.61. The molecule has 0 atom stereocenters. The van der Waals surface area contributed by atoms with Gasteiger partial charge in [0.05, 0.1) is 33.9 Å². The Kier molecular flexibility index (Phi) is 3.73. The molecule has 4 nitrogen and oxygen atoms in total. The zero-order valence-electron chi connectivity index (χ0n) is 10.9. The largest absolute Gasteiger partial charge is 0.497 e. The van der Waals surface area contributed by atoms with Crippen molar-refractivity contribution in [3.8, 4) is 11.4 Å². The molecule has 2 N–H and O–H groups in total. The Morgan fingerprint density at radius 3 is 2.67 bits per heavy atom. The number of fused-ring (bicyclic) bond motifs is 1. The quantitative estimate of drug-likeness (QED) is 0.650. The van der Waals surface area contributed by atoms with E-state index in [0.29, 0.717) is 27.4 Å². The number of aromatic nitrogens is 2. The molecular formula is C14H10BrCl2N3O. The Morgan fingerprint density at radius 2 is 1.95 bits per heavy atom. The average Bonchev–Trinajstić information content (AvgIpc) is 2.80. The molecule has 0 aliphatic rings. The molecular weight excluding hydrogens is 377 g/mol. The number of methoxy groups -OCH3 is 1. The number of hydrogen-bond acceptors (Lipinski definition) is 3. The van der Waals surface area contributed by atoms with Gasteiger partial charge in [0, 0.05) is 10.5 Å². The smallest absolute Gasteiger partial charge is 0.205 e. The predicted octanol–water partition coefficient (Wildman–Crippen LogP) is 4.69. The highest BCUT2D eigenvalue weighted by Crippen LogP contribution is 2.37. The van der Waals surface area contributed by atoms with Crippen molar-refractivity contribution in [1.82, 2.24) is 9.55 Å². The zero-order chi connectivity index (χ0) is 15.1. The van der Waals surface area contributed by atoms with Crippen LogP contribution in [0.2, 0.25) is 10.0 Å². The molecule has 0 saturated heterocycles. The molecule has 1 aromatic heterocycles. The number of nitrogens with two attached hydrogens (primary N) is 1. The van der Waals surface area contributed by atoms with Gasteiger partial charge in [-0.15, -0.1) is 0 Å². The van der Waals surface area contributed by atoms with Crippen LogP contribution >= 0.6 is 39.1 Å². The third kappa shape index (κ3) is 2.35. The third-order valence-corrected chi connectivity index (χ3v) is 4.90. The minimum Gasteiger partial charge on any atom is -0.497 e. The first-order valence-electron chi connectivity index (χ1n) is 5.98. The number of hydrogen-bond donors (Lipinski definition) is 1. The molecule has 0 amide bonds. The van der Waals surface area contributed by atoms with E-state index in [1.165, 1.54) is 0 Å². The summed E-state index contributed by atoms with van der Waals surface area (Å²) in [5, 5.41) is 0.832. The van der Waals surface area contributed by atoms with Gasteiger partial charge in [0.2, 0.25) is 5.95 Å². The van der Waals surface area contributed by atoms with Crippen molar-refractivity contribution >= 4 is 56.1 Å². The van der Waals surface area contributed by atoms with E-state index >= 15 is 0 Å². The Morgan fingerprint density at radius 1 is 1.19 bits per heavy atom. The first-order chi connectivity index (χ1) is 10.0. The molecule has 7 heteroatoms. The standard InChI is InChI=1S/C14H10BrCl2N3O/c1-21-7-2-4-9-11(6-7)20(14(18)19-9)10-5-3-8(15)12(16)13(10)17/h2-6H,1H3,(H2,18,19). The van der Waals surface area contributed by atoms with Crippen molar-refractivity contribution in [2.24, 2.45) is 0 Å². The molecule has 21 heavy (non-hydrogen) atoms. The van der Waals surface area contributed by atoms with Crippen molar-refractivity contribution in [1.29, 1.82) is 0 Å². The van der Waals surface area contributed by atoms with Crippen LogP contribution in [0.15, 0.2) is 34.8 Å². The van der Waals surface area contributed by atoms with E-state index in [4.69, 9.17) is 33.7 Å². The van der Waals surface area contributed by atoms with Gasteiger partial charge in [0.15, 0.2) is 0 Å². The van der Waals surface area contributed by atoms with Crippen molar-refractivity contribution in [2.45, 2.75) is 0 Å². The fourth-order valence-corrected chi connectivity index (χ4v) is 3.00. The molecule has 108 valence electrons. The van der Waals surface area contributed by atoms with Crippen LogP contribution in [0.1, 0.15) is 0 Å². The second kappa shape index (κ2) is 5.40. The second-order valence-corrected chi connectivity index (χ2v) is 5.96. The molecule has 3 aromatic rings. The SMILES string of the molecule is COc1ccc2nc(N)n(-c3ccc(Br)c(Cl)c3Cl)c2c1. The van der Waals surface area contributed by atoms with Crippen LogP contribution in [0, 0.1) is 0 Å². The lowest BCUT2D eigenvalue weighted by atomic mass is 10.2. The molecule has 2 aromatic carbocycles. The maximum atomic E-state index is 6.34. The van der Waals surface area contributed by atoms with Gasteiger partial charge in [-0.1, -0.05) is 23.2 Å². The number of imidazole rings is 1. The molecule has 0 bridgehead atoms. The second-order valence-electron chi connectivity index (χ2n) is 4.35. The normalized spacial score (nSPS) is 11.0. The molecule has 0 aliphatic carbocycles. The lowest BCUT2D eigenvalue weighted by Gasteiger charge is -2.11. The summed E-state index contributed by atoms with van der Waals surface area (Å²) in [6, 6.07) is 9.17. The van der Waals surface area contributed by atoms with Crippen LogP contribution in [-0.4, -0.2) is 16.7 Å². The van der Waals surface area contributed by atoms with Crippen molar-refractivity contribution in [3.63, 3.8) is 0 Å². The summed E-state index contributed by atoms with van der Waals surface area (Å²) in [6.07, 6.45) is 0. The summed E-state index contributed by atoms with van der Waals surface area (Å²) < 4.78 is 7.72. The van der Waals surface area contributed by atoms with Gasteiger partial charge in [0.1, 0.15) is 5.75 Å². The Hall–Kier alpha value is -1.43. The van der Waals surface area contributed by atoms with E-state index in [-0.39, 0.29) is 0 Å². The van der Waals surface area contributed by atoms with Gasteiger partial charge in [-0.2, -0.15) is 0 Å². The maximum absolute atomic E-state index is 6.34. The third-order valence-electron chi connectivity index (χ3n) is 3.14. The van der Waals surface area contributed by atoms with Gasteiger partial charge in [0.25, 0.3) is 0 Å². The molecule has 3 rings (SSSR count). The Labute approximate surface area is 139 Å². The van der Waals surface area contributed by atoms with Gasteiger partial charge < -0.3 is 10.5 Å². The lowest BCUT2D eigenvalue weighted by Crippen LogP contribution is -2.01. The number of anilines is 1. The summed E-state index contributed by atoms with van der Waals surface area (Å²) in [5.41, 5.74) is 8.25. The number of halogens is 3. The molecule has 0 unspecified atom stereocenters. The number of nitrogens with zero attached hydrogens (tertiary/aromatic N) is 2. The fourth-order valence-electron chi connectivity index (χ4n) is 2.14. The maximum Gasteiger partial charge on any atom is 0.205 e. The topological polar surface area (TPSA) is 53.1 Å². The molecule has 0 aliphatic heterocycles. The highest BCUT2D eigenvalue weighted by Gasteiger charge is 2.16. The van der Waals surface area contributed by atoms with Crippen molar-refractivity contribution < 1.29 is 4.74 Å². The molecule has 0 radical (unpaired) electrons. The number of ether oxygens (including phenoxy) is 1. The van der Waals surface area contributed by atoms with E-state index in [1.807, 2.05) is 30.3 Å². The minimum absolute atomic E-state index is 0.332. The van der Waals surface area contributed by atoms with Gasteiger partial charge in [-0.3, -0.25) is 4.57 Å². The number of nitrogen functional groups attached to an aromatic ring is 1. The Bertz CT molecular complexity index is 848. The van der Waals surface area contributed by atoms with Crippen LogP contribution in [0.4, 0.5) is 5.95 Å². The van der Waals surface area contributed by atoms with Crippen molar-refractivity contribution in [3.05, 3.63) is 44.8 Å². The van der Waals surface area contributed by atoms with Crippen LogP contribution in [-0.2, 0) is 0 Å². The summed E-state index contributed by atoms with van der Waals surface area (Å²) in [4.78, 5) is 4.33. The summed E-state index contributed by atoms with van der Waals surface area (Å²) in [5.74, 6) is 1.04. The predicted molar refractivity (Wildman–Crippen MR) is 89.8 cm³/mol.